The smallest absolute Gasteiger partial charge is 0.327 e. The molecule has 4 aromatic rings. The Morgan fingerprint density at radius 3 is 2.63 bits per heavy atom. The molecule has 0 bridgehead atoms. The molecule has 35 heavy (non-hydrogen) atoms. The number of pyridine rings is 1. The van der Waals surface area contributed by atoms with Crippen LogP contribution < -0.4 is 5.56 Å². The molecule has 0 saturated heterocycles. The fraction of sp³-hybridized carbons (Fsp3) is 0.320. The summed E-state index contributed by atoms with van der Waals surface area (Å²) < 4.78 is 19.8. The van der Waals surface area contributed by atoms with Gasteiger partial charge in [-0.3, -0.25) is 14.5 Å². The number of hydrogen-bond acceptors (Lipinski definition) is 7. The number of fused-ring (bicyclic) bond motifs is 1. The number of H-pyrrole nitrogens is 1. The van der Waals surface area contributed by atoms with Gasteiger partial charge in [0.25, 0.3) is 5.56 Å². The van der Waals surface area contributed by atoms with E-state index in [-0.39, 0.29) is 31.1 Å². The van der Waals surface area contributed by atoms with E-state index >= 15 is 0 Å². The van der Waals surface area contributed by atoms with Crippen molar-refractivity contribution >= 4 is 16.9 Å². The number of halogens is 1. The molecule has 0 amide bonds. The van der Waals surface area contributed by atoms with Crippen LogP contribution in [0.25, 0.3) is 10.9 Å². The predicted molar refractivity (Wildman–Crippen MR) is 128 cm³/mol. The van der Waals surface area contributed by atoms with Gasteiger partial charge in [0.2, 0.25) is 0 Å². The molecule has 0 unspecified atom stereocenters. The largest absolute Gasteiger partial charge is 0.465 e. The van der Waals surface area contributed by atoms with E-state index < -0.39 is 5.97 Å². The highest BCUT2D eigenvalue weighted by atomic mass is 19.1. The topological polar surface area (TPSA) is 106 Å². The molecule has 2 aromatic carbocycles. The first-order valence-electron chi connectivity index (χ1n) is 11.3. The molecule has 0 spiro atoms. The van der Waals surface area contributed by atoms with E-state index in [2.05, 4.69) is 20.5 Å². The summed E-state index contributed by atoms with van der Waals surface area (Å²) in [7, 11) is 0. The molecule has 182 valence electrons. The molecule has 9 nitrogen and oxygen atoms in total. The molecular weight excluding hydrogens is 451 g/mol. The van der Waals surface area contributed by atoms with Crippen LogP contribution in [0.5, 0.6) is 0 Å². The lowest BCUT2D eigenvalue weighted by Gasteiger charge is -2.22. The molecule has 0 aliphatic carbocycles. The SMILES string of the molecule is CCOC(=O)Cn1nnnc1CN(Cc1ccc(F)cc1)Cc1cc2ccc(C)c(C)c2[nH]c1=O. The van der Waals surface area contributed by atoms with Gasteiger partial charge in [-0.15, -0.1) is 5.10 Å². The molecule has 0 radical (unpaired) electrons. The number of tetrazole rings is 1. The van der Waals surface area contributed by atoms with Crippen LogP contribution in [-0.2, 0) is 35.7 Å². The number of aryl methyl sites for hydroxylation is 2. The molecular formula is C25H27FN6O3. The number of aromatic amines is 1. The van der Waals surface area contributed by atoms with Crippen LogP contribution in [0.1, 0.15) is 35.0 Å². The van der Waals surface area contributed by atoms with Crippen LogP contribution in [0.4, 0.5) is 4.39 Å². The fourth-order valence-electron chi connectivity index (χ4n) is 3.93. The zero-order valence-electron chi connectivity index (χ0n) is 19.9. The Bertz CT molecular complexity index is 1400. The summed E-state index contributed by atoms with van der Waals surface area (Å²) in [6, 6.07) is 12.1. The molecule has 4 rings (SSSR count). The maximum absolute atomic E-state index is 13.4. The molecule has 0 atom stereocenters. The van der Waals surface area contributed by atoms with Gasteiger partial charge in [-0.05, 0) is 71.5 Å². The second-order valence-corrected chi connectivity index (χ2v) is 8.42. The number of nitrogens with one attached hydrogen (secondary N) is 1. The van der Waals surface area contributed by atoms with Crippen LogP contribution in [0.2, 0.25) is 0 Å². The van der Waals surface area contributed by atoms with Gasteiger partial charge >= 0.3 is 5.97 Å². The monoisotopic (exact) mass is 478 g/mol. The molecule has 2 heterocycles. The van der Waals surface area contributed by atoms with Gasteiger partial charge in [-0.25, -0.2) is 9.07 Å². The first kappa shape index (κ1) is 24.2. The third kappa shape index (κ3) is 5.78. The van der Waals surface area contributed by atoms with Crippen molar-refractivity contribution in [1.82, 2.24) is 30.1 Å². The highest BCUT2D eigenvalue weighted by molar-refractivity contribution is 5.83. The zero-order chi connectivity index (χ0) is 24.9. The highest BCUT2D eigenvalue weighted by Gasteiger charge is 2.18. The normalized spacial score (nSPS) is 11.3. The van der Waals surface area contributed by atoms with Crippen molar-refractivity contribution < 1.29 is 13.9 Å². The van der Waals surface area contributed by atoms with E-state index in [1.54, 1.807) is 19.1 Å². The molecule has 1 N–H and O–H groups in total. The van der Waals surface area contributed by atoms with Crippen LogP contribution in [0.3, 0.4) is 0 Å². The maximum Gasteiger partial charge on any atom is 0.327 e. The van der Waals surface area contributed by atoms with Crippen molar-refractivity contribution in [3.05, 3.63) is 86.7 Å². The second-order valence-electron chi connectivity index (χ2n) is 8.42. The minimum Gasteiger partial charge on any atom is -0.465 e. The van der Waals surface area contributed by atoms with Gasteiger partial charge < -0.3 is 9.72 Å². The van der Waals surface area contributed by atoms with E-state index in [9.17, 15) is 14.0 Å². The lowest BCUT2D eigenvalue weighted by molar-refractivity contribution is -0.144. The quantitative estimate of drug-likeness (QED) is 0.369. The fourth-order valence-corrected chi connectivity index (χ4v) is 3.93. The van der Waals surface area contributed by atoms with Crippen molar-refractivity contribution in [2.24, 2.45) is 0 Å². The van der Waals surface area contributed by atoms with Crippen molar-refractivity contribution in [3.63, 3.8) is 0 Å². The first-order chi connectivity index (χ1) is 16.8. The molecule has 0 fully saturated rings. The van der Waals surface area contributed by atoms with E-state index in [1.165, 1.54) is 16.8 Å². The minimum atomic E-state index is -0.442. The van der Waals surface area contributed by atoms with Gasteiger partial charge in [-0.2, -0.15) is 0 Å². The lowest BCUT2D eigenvalue weighted by atomic mass is 10.0. The molecule has 0 saturated carbocycles. The van der Waals surface area contributed by atoms with E-state index in [1.807, 2.05) is 36.9 Å². The zero-order valence-corrected chi connectivity index (χ0v) is 19.9. The summed E-state index contributed by atoms with van der Waals surface area (Å²) in [6.07, 6.45) is 0. The standard InChI is InChI=1S/C25H27FN6O3/c1-4-35-23(33)15-32-22(28-29-30-32)14-31(12-18-6-9-21(26)10-7-18)13-20-11-19-8-5-16(2)17(3)24(19)27-25(20)34/h5-11H,4,12-15H2,1-3H3,(H,27,34). The van der Waals surface area contributed by atoms with Crippen molar-refractivity contribution in [1.29, 1.82) is 0 Å². The number of rotatable bonds is 9. The van der Waals surface area contributed by atoms with Crippen molar-refractivity contribution in [2.75, 3.05) is 6.61 Å². The third-order valence-electron chi connectivity index (χ3n) is 5.90. The Morgan fingerprint density at radius 2 is 1.89 bits per heavy atom. The number of nitrogens with zero attached hydrogens (tertiary/aromatic N) is 5. The van der Waals surface area contributed by atoms with Gasteiger partial charge in [-0.1, -0.05) is 24.3 Å². The Balaban J connectivity index is 1.64. The van der Waals surface area contributed by atoms with Crippen LogP contribution >= 0.6 is 0 Å². The summed E-state index contributed by atoms with van der Waals surface area (Å²) >= 11 is 0. The van der Waals surface area contributed by atoms with Crippen LogP contribution in [-0.4, -0.2) is 42.7 Å². The van der Waals surface area contributed by atoms with Crippen LogP contribution in [0.15, 0.2) is 47.3 Å². The molecule has 10 heteroatoms. The number of hydrogen-bond donors (Lipinski definition) is 1. The van der Waals surface area contributed by atoms with Crippen molar-refractivity contribution in [2.45, 2.75) is 47.0 Å². The average molecular weight is 479 g/mol. The van der Waals surface area contributed by atoms with Crippen molar-refractivity contribution in [3.8, 4) is 0 Å². The Hall–Kier alpha value is -3.92. The molecule has 0 aliphatic heterocycles. The summed E-state index contributed by atoms with van der Waals surface area (Å²) in [6.45, 7) is 6.83. The van der Waals surface area contributed by atoms with Gasteiger partial charge in [0, 0.05) is 18.7 Å². The summed E-state index contributed by atoms with van der Waals surface area (Å²) in [5.74, 6) is -0.318. The van der Waals surface area contributed by atoms with Gasteiger partial charge in [0.15, 0.2) is 5.82 Å². The Kier molecular flexibility index (Phi) is 7.31. The lowest BCUT2D eigenvalue weighted by Crippen LogP contribution is -2.28. The number of esters is 1. The second kappa shape index (κ2) is 10.6. The number of benzene rings is 2. The van der Waals surface area contributed by atoms with Crippen LogP contribution in [0, 0.1) is 19.7 Å². The summed E-state index contributed by atoms with van der Waals surface area (Å²) in [4.78, 5) is 29.9. The first-order valence-corrected chi connectivity index (χ1v) is 11.3. The Morgan fingerprint density at radius 1 is 1.11 bits per heavy atom. The number of carbonyl (C=O) groups is 1. The van der Waals surface area contributed by atoms with E-state index in [0.717, 1.165) is 27.6 Å². The third-order valence-corrected chi connectivity index (χ3v) is 5.90. The molecule has 0 aliphatic rings. The predicted octanol–water partition coefficient (Wildman–Crippen LogP) is 3.04. The summed E-state index contributed by atoms with van der Waals surface area (Å²) in [5.41, 5.74) is 4.22. The number of aromatic nitrogens is 5. The number of carbonyl (C=O) groups excluding carboxylic acids is 1. The number of ether oxygens (including phenoxy) is 1. The highest BCUT2D eigenvalue weighted by Crippen LogP contribution is 2.20. The average Bonchev–Trinajstić information content (AvgIpc) is 3.25. The van der Waals surface area contributed by atoms with Gasteiger partial charge in [0.05, 0.1) is 18.7 Å². The molecule has 2 aromatic heterocycles. The Labute approximate surface area is 201 Å². The maximum atomic E-state index is 13.4. The van der Waals surface area contributed by atoms with E-state index in [4.69, 9.17) is 4.74 Å². The van der Waals surface area contributed by atoms with E-state index in [0.29, 0.717) is 24.5 Å². The minimum absolute atomic E-state index is 0.115. The van der Waals surface area contributed by atoms with Gasteiger partial charge in [0.1, 0.15) is 12.4 Å². The summed E-state index contributed by atoms with van der Waals surface area (Å²) in [5, 5.41) is 12.6.